The standard InChI is InChI=1S/C16H17N5O5/c17-12-11-13(20-15(19-12)26-7-1-6-22)21(16(25)18-11)8-9-2-4-10(5-3-9)14(23)24/h2-5,22H,1,6-8H2,(H,18,25)(H,23,24)(H2,17,19,20). The lowest BCUT2D eigenvalue weighted by Gasteiger charge is -2.07. The second-order valence-electron chi connectivity index (χ2n) is 5.53. The molecule has 0 fully saturated rings. The van der Waals surface area contributed by atoms with Crippen molar-refractivity contribution in [3.8, 4) is 6.01 Å². The summed E-state index contributed by atoms with van der Waals surface area (Å²) in [6.45, 7) is 0.358. The third kappa shape index (κ3) is 3.49. The van der Waals surface area contributed by atoms with Crippen LogP contribution < -0.4 is 16.2 Å². The van der Waals surface area contributed by atoms with Crippen molar-refractivity contribution in [1.29, 1.82) is 0 Å². The molecular weight excluding hydrogens is 342 g/mol. The molecule has 0 amide bonds. The fraction of sp³-hybridized carbons (Fsp3) is 0.250. The van der Waals surface area contributed by atoms with Gasteiger partial charge in [0.15, 0.2) is 11.5 Å². The van der Waals surface area contributed by atoms with Crippen molar-refractivity contribution in [2.75, 3.05) is 18.9 Å². The summed E-state index contributed by atoms with van der Waals surface area (Å²) in [5.74, 6) is -0.947. The summed E-state index contributed by atoms with van der Waals surface area (Å²) in [5, 5.41) is 17.8. The normalized spacial score (nSPS) is 11.0. The van der Waals surface area contributed by atoms with Crippen LogP contribution in [-0.4, -0.2) is 48.9 Å². The van der Waals surface area contributed by atoms with Crippen molar-refractivity contribution >= 4 is 23.0 Å². The van der Waals surface area contributed by atoms with E-state index in [2.05, 4.69) is 15.0 Å². The Morgan fingerprint density at radius 3 is 2.65 bits per heavy atom. The Kier molecular flexibility index (Phi) is 4.85. The lowest BCUT2D eigenvalue weighted by Crippen LogP contribution is -2.18. The Morgan fingerprint density at radius 2 is 2.00 bits per heavy atom. The van der Waals surface area contributed by atoms with Crippen LogP contribution in [0, 0.1) is 0 Å². The molecule has 136 valence electrons. The van der Waals surface area contributed by atoms with Crippen molar-refractivity contribution in [3.63, 3.8) is 0 Å². The minimum Gasteiger partial charge on any atom is -0.478 e. The number of aliphatic hydroxyl groups is 1. The van der Waals surface area contributed by atoms with Gasteiger partial charge in [-0.25, -0.2) is 9.59 Å². The number of nitrogens with two attached hydrogens (primary N) is 1. The molecule has 3 rings (SSSR count). The van der Waals surface area contributed by atoms with Crippen molar-refractivity contribution in [2.45, 2.75) is 13.0 Å². The number of aromatic amines is 1. The largest absolute Gasteiger partial charge is 0.478 e. The van der Waals surface area contributed by atoms with E-state index in [9.17, 15) is 9.59 Å². The molecule has 10 nitrogen and oxygen atoms in total. The topological polar surface area (TPSA) is 156 Å². The van der Waals surface area contributed by atoms with Gasteiger partial charge in [0.25, 0.3) is 0 Å². The first kappa shape index (κ1) is 17.4. The number of fused-ring (bicyclic) bond motifs is 1. The average Bonchev–Trinajstić information content (AvgIpc) is 2.92. The molecule has 0 unspecified atom stereocenters. The van der Waals surface area contributed by atoms with E-state index < -0.39 is 11.7 Å². The van der Waals surface area contributed by atoms with Gasteiger partial charge in [0.1, 0.15) is 5.52 Å². The summed E-state index contributed by atoms with van der Waals surface area (Å²) in [4.78, 5) is 34.0. The molecule has 0 aliphatic heterocycles. The molecule has 0 atom stereocenters. The number of aromatic carboxylic acids is 1. The first-order chi connectivity index (χ1) is 12.5. The zero-order valence-electron chi connectivity index (χ0n) is 13.7. The number of carboxylic acid groups (broad SMARTS) is 1. The van der Waals surface area contributed by atoms with Crippen LogP contribution in [0.15, 0.2) is 29.1 Å². The van der Waals surface area contributed by atoms with Gasteiger partial charge in [-0.05, 0) is 17.7 Å². The van der Waals surface area contributed by atoms with Gasteiger partial charge in [-0.3, -0.25) is 4.57 Å². The van der Waals surface area contributed by atoms with Gasteiger partial charge < -0.3 is 25.7 Å². The first-order valence-corrected chi connectivity index (χ1v) is 7.81. The smallest absolute Gasteiger partial charge is 0.335 e. The van der Waals surface area contributed by atoms with E-state index in [4.69, 9.17) is 20.7 Å². The molecule has 0 aliphatic carbocycles. The summed E-state index contributed by atoms with van der Waals surface area (Å²) < 4.78 is 6.70. The van der Waals surface area contributed by atoms with Crippen LogP contribution >= 0.6 is 0 Å². The quantitative estimate of drug-likeness (QED) is 0.436. The van der Waals surface area contributed by atoms with Gasteiger partial charge in [-0.2, -0.15) is 9.97 Å². The summed E-state index contributed by atoms with van der Waals surface area (Å²) in [6, 6.07) is 6.18. The third-order valence-corrected chi connectivity index (χ3v) is 3.71. The molecule has 0 bridgehead atoms. The minimum atomic E-state index is -1.02. The molecule has 0 spiro atoms. The Labute approximate surface area is 146 Å². The fourth-order valence-corrected chi connectivity index (χ4v) is 2.41. The number of anilines is 1. The van der Waals surface area contributed by atoms with Crippen LogP contribution in [0.25, 0.3) is 11.2 Å². The van der Waals surface area contributed by atoms with Gasteiger partial charge in [0.2, 0.25) is 0 Å². The van der Waals surface area contributed by atoms with Crippen LogP contribution in [-0.2, 0) is 6.54 Å². The number of nitrogens with zero attached hydrogens (tertiary/aromatic N) is 3. The highest BCUT2D eigenvalue weighted by Gasteiger charge is 2.15. The van der Waals surface area contributed by atoms with Gasteiger partial charge in [0, 0.05) is 13.0 Å². The Morgan fingerprint density at radius 1 is 1.27 bits per heavy atom. The van der Waals surface area contributed by atoms with Gasteiger partial charge in [0.05, 0.1) is 18.7 Å². The van der Waals surface area contributed by atoms with E-state index in [0.717, 1.165) is 5.56 Å². The Balaban J connectivity index is 1.95. The van der Waals surface area contributed by atoms with Crippen molar-refractivity contribution < 1.29 is 19.7 Å². The number of nitrogen functional groups attached to an aromatic ring is 1. The molecule has 0 saturated heterocycles. The average molecular weight is 359 g/mol. The zero-order chi connectivity index (χ0) is 18.7. The first-order valence-electron chi connectivity index (χ1n) is 7.81. The van der Waals surface area contributed by atoms with Gasteiger partial charge in [-0.1, -0.05) is 12.1 Å². The number of carboxylic acids is 1. The Bertz CT molecular complexity index is 993. The summed E-state index contributed by atoms with van der Waals surface area (Å²) >= 11 is 0. The molecule has 0 aliphatic rings. The zero-order valence-corrected chi connectivity index (χ0v) is 13.7. The van der Waals surface area contributed by atoms with Crippen LogP contribution in [0.3, 0.4) is 0 Å². The molecule has 0 saturated carbocycles. The fourth-order valence-electron chi connectivity index (χ4n) is 2.41. The molecule has 1 aromatic carbocycles. The Hall–Kier alpha value is -3.40. The highest BCUT2D eigenvalue weighted by Crippen LogP contribution is 2.18. The van der Waals surface area contributed by atoms with Gasteiger partial charge in [-0.15, -0.1) is 0 Å². The maximum atomic E-state index is 12.3. The highest BCUT2D eigenvalue weighted by molar-refractivity contribution is 5.87. The van der Waals surface area contributed by atoms with Crippen molar-refractivity contribution in [2.24, 2.45) is 0 Å². The third-order valence-electron chi connectivity index (χ3n) is 3.71. The number of H-pyrrole nitrogens is 1. The maximum Gasteiger partial charge on any atom is 0.335 e. The number of aromatic nitrogens is 4. The predicted octanol–water partition coefficient (Wildman–Crippen LogP) is 0.209. The number of nitrogens with one attached hydrogen (secondary N) is 1. The number of carbonyl (C=O) groups is 1. The molecule has 10 heteroatoms. The molecule has 2 aromatic heterocycles. The number of ether oxygens (including phenoxy) is 1. The number of aliphatic hydroxyl groups excluding tert-OH is 1. The molecule has 26 heavy (non-hydrogen) atoms. The van der Waals surface area contributed by atoms with Gasteiger partial charge >= 0.3 is 17.7 Å². The highest BCUT2D eigenvalue weighted by atomic mass is 16.5. The van der Waals surface area contributed by atoms with E-state index in [1.54, 1.807) is 12.1 Å². The SMILES string of the molecule is Nc1nc(OCCCO)nc2c1[nH]c(=O)n2Cc1ccc(C(=O)O)cc1. The van der Waals surface area contributed by atoms with Crippen LogP contribution in [0.2, 0.25) is 0 Å². The lowest BCUT2D eigenvalue weighted by molar-refractivity contribution is 0.0697. The lowest BCUT2D eigenvalue weighted by atomic mass is 10.1. The number of imidazole rings is 1. The van der Waals surface area contributed by atoms with Crippen molar-refractivity contribution in [1.82, 2.24) is 19.5 Å². The second kappa shape index (κ2) is 7.23. The minimum absolute atomic E-state index is 0.0115. The number of rotatable bonds is 7. The van der Waals surface area contributed by atoms with Crippen LogP contribution in [0.4, 0.5) is 5.82 Å². The molecular formula is C16H17N5O5. The number of hydrogen-bond acceptors (Lipinski definition) is 7. The second-order valence-corrected chi connectivity index (χ2v) is 5.53. The van der Waals surface area contributed by atoms with E-state index in [1.807, 2.05) is 0 Å². The predicted molar refractivity (Wildman–Crippen MR) is 92.3 cm³/mol. The monoisotopic (exact) mass is 359 g/mol. The number of benzene rings is 1. The summed E-state index contributed by atoms with van der Waals surface area (Å²) in [7, 11) is 0. The van der Waals surface area contributed by atoms with E-state index >= 15 is 0 Å². The number of hydrogen-bond donors (Lipinski definition) is 4. The van der Waals surface area contributed by atoms with Crippen molar-refractivity contribution in [3.05, 3.63) is 45.9 Å². The molecule has 3 aromatic rings. The molecule has 0 radical (unpaired) electrons. The summed E-state index contributed by atoms with van der Waals surface area (Å²) in [5.41, 5.74) is 6.90. The van der Waals surface area contributed by atoms with Crippen LogP contribution in [0.1, 0.15) is 22.3 Å². The molecule has 5 N–H and O–H groups in total. The van der Waals surface area contributed by atoms with Crippen LogP contribution in [0.5, 0.6) is 6.01 Å². The maximum absolute atomic E-state index is 12.3. The summed E-state index contributed by atoms with van der Waals surface area (Å²) in [6.07, 6.45) is 0.414. The van der Waals surface area contributed by atoms with E-state index in [-0.39, 0.29) is 42.8 Å². The molecule has 2 heterocycles. The van der Waals surface area contributed by atoms with E-state index in [0.29, 0.717) is 11.9 Å². The van der Waals surface area contributed by atoms with E-state index in [1.165, 1.54) is 16.7 Å².